The minimum absolute atomic E-state index is 0.0362. The molecule has 0 unspecified atom stereocenters. The first-order chi connectivity index (χ1) is 7.66. The van der Waals surface area contributed by atoms with E-state index in [4.69, 9.17) is 5.11 Å². The predicted octanol–water partition coefficient (Wildman–Crippen LogP) is 2.13. The van der Waals surface area contributed by atoms with Gasteiger partial charge in [0.1, 0.15) is 0 Å². The second-order valence-corrected chi connectivity index (χ2v) is 3.41. The van der Waals surface area contributed by atoms with Crippen molar-refractivity contribution < 1.29 is 15.0 Å². The third-order valence-corrected chi connectivity index (χ3v) is 2.32. The quantitative estimate of drug-likeness (QED) is 0.831. The molecule has 0 saturated heterocycles. The fraction of sp³-hybridized carbons (Fsp3) is 0. The highest BCUT2D eigenvalue weighted by Gasteiger charge is 2.02. The van der Waals surface area contributed by atoms with Crippen LogP contribution in [0.4, 0.5) is 0 Å². The van der Waals surface area contributed by atoms with E-state index in [-0.39, 0.29) is 11.3 Å². The number of hydrogen-bond donors (Lipinski definition) is 1. The molecule has 3 heteroatoms. The highest BCUT2D eigenvalue weighted by Crippen LogP contribution is 2.21. The van der Waals surface area contributed by atoms with Crippen molar-refractivity contribution in [1.29, 1.82) is 0 Å². The fourth-order valence-electron chi connectivity index (χ4n) is 1.45. The van der Waals surface area contributed by atoms with Crippen LogP contribution in [0.5, 0.6) is 5.75 Å². The summed E-state index contributed by atoms with van der Waals surface area (Å²) in [5.41, 5.74) is 2.05. The van der Waals surface area contributed by atoms with Gasteiger partial charge < -0.3 is 10.2 Å². The van der Waals surface area contributed by atoms with Gasteiger partial charge in [0.05, 0.1) is 5.56 Å². The number of hydrogen-bond acceptors (Lipinski definition) is 2. The minimum Gasteiger partial charge on any atom is -0.872 e. The van der Waals surface area contributed by atoms with Crippen molar-refractivity contribution in [2.24, 2.45) is 0 Å². The molecule has 1 N–H and O–H groups in total. The fourth-order valence-corrected chi connectivity index (χ4v) is 1.45. The summed E-state index contributed by atoms with van der Waals surface area (Å²) in [6.07, 6.45) is 0. The van der Waals surface area contributed by atoms with Crippen LogP contribution in [0, 0.1) is 0 Å². The first-order valence-electron chi connectivity index (χ1n) is 4.77. The lowest BCUT2D eigenvalue weighted by Gasteiger charge is -2.06. The van der Waals surface area contributed by atoms with Gasteiger partial charge in [-0.1, -0.05) is 36.4 Å². The van der Waals surface area contributed by atoms with Gasteiger partial charge in [-0.25, -0.2) is 4.79 Å². The van der Waals surface area contributed by atoms with Gasteiger partial charge in [-0.15, -0.1) is 5.75 Å². The summed E-state index contributed by atoms with van der Waals surface area (Å²) < 4.78 is 0. The number of benzene rings is 2. The average molecular weight is 213 g/mol. The molecular weight excluding hydrogens is 204 g/mol. The normalized spacial score (nSPS) is 10.0. The Bertz CT molecular complexity index is 498. The lowest BCUT2D eigenvalue weighted by Crippen LogP contribution is -1.95. The van der Waals surface area contributed by atoms with Gasteiger partial charge in [0.15, 0.2) is 0 Å². The Morgan fingerprint density at radius 3 is 1.75 bits per heavy atom. The zero-order valence-corrected chi connectivity index (χ0v) is 8.38. The molecule has 0 fully saturated rings. The topological polar surface area (TPSA) is 60.4 Å². The Kier molecular flexibility index (Phi) is 2.60. The Balaban J connectivity index is 2.34. The molecule has 3 nitrogen and oxygen atoms in total. The van der Waals surface area contributed by atoms with Crippen LogP contribution in [-0.4, -0.2) is 11.1 Å². The number of rotatable bonds is 2. The van der Waals surface area contributed by atoms with E-state index in [1.54, 1.807) is 36.4 Å². The lowest BCUT2D eigenvalue weighted by molar-refractivity contribution is -0.268. The monoisotopic (exact) mass is 213 g/mol. The van der Waals surface area contributed by atoms with Crippen molar-refractivity contribution in [3.63, 3.8) is 0 Å². The molecule has 0 saturated carbocycles. The zero-order valence-electron chi connectivity index (χ0n) is 8.38. The van der Waals surface area contributed by atoms with Crippen molar-refractivity contribution in [2.75, 3.05) is 0 Å². The molecule has 0 atom stereocenters. The zero-order chi connectivity index (χ0) is 11.5. The standard InChI is InChI=1S/C13H10O3/c14-12-7-5-10(6-8-12)9-1-3-11(4-2-9)13(15)16/h1-8,14H,(H,15,16)/p-1. The summed E-state index contributed by atoms with van der Waals surface area (Å²) in [5.74, 6) is -0.979. The van der Waals surface area contributed by atoms with Gasteiger partial charge in [-0.05, 0) is 23.3 Å². The highest BCUT2D eigenvalue weighted by molar-refractivity contribution is 5.88. The van der Waals surface area contributed by atoms with E-state index in [0.29, 0.717) is 0 Å². The number of aromatic carboxylic acids is 1. The summed E-state index contributed by atoms with van der Waals surface area (Å²) in [4.78, 5) is 10.7. The van der Waals surface area contributed by atoms with E-state index in [9.17, 15) is 9.90 Å². The average Bonchev–Trinajstić information content (AvgIpc) is 2.30. The molecule has 2 aromatic rings. The molecular formula is C13H9O3-. The van der Waals surface area contributed by atoms with Crippen molar-refractivity contribution in [2.45, 2.75) is 0 Å². The molecule has 0 aliphatic heterocycles. The summed E-state index contributed by atoms with van der Waals surface area (Å²) in [6.45, 7) is 0. The van der Waals surface area contributed by atoms with E-state index >= 15 is 0 Å². The third-order valence-electron chi connectivity index (χ3n) is 2.32. The maximum atomic E-state index is 10.9. The molecule has 0 heterocycles. The molecule has 0 aromatic heterocycles. The van der Waals surface area contributed by atoms with Gasteiger partial charge in [0.2, 0.25) is 0 Å². The molecule has 80 valence electrons. The minimum atomic E-state index is -0.943. The van der Waals surface area contributed by atoms with Crippen LogP contribution in [0.1, 0.15) is 10.4 Å². The molecule has 16 heavy (non-hydrogen) atoms. The molecule has 0 radical (unpaired) electrons. The summed E-state index contributed by atoms with van der Waals surface area (Å²) in [7, 11) is 0. The van der Waals surface area contributed by atoms with E-state index in [1.807, 2.05) is 0 Å². The third kappa shape index (κ3) is 2.03. The smallest absolute Gasteiger partial charge is 0.335 e. The second kappa shape index (κ2) is 4.06. The summed E-state index contributed by atoms with van der Waals surface area (Å²) >= 11 is 0. The van der Waals surface area contributed by atoms with Crippen LogP contribution in [0.3, 0.4) is 0 Å². The number of carboxylic acid groups (broad SMARTS) is 1. The largest absolute Gasteiger partial charge is 0.872 e. The Morgan fingerprint density at radius 2 is 1.31 bits per heavy atom. The predicted molar refractivity (Wildman–Crippen MR) is 58.3 cm³/mol. The van der Waals surface area contributed by atoms with Gasteiger partial charge in [-0.3, -0.25) is 0 Å². The second-order valence-electron chi connectivity index (χ2n) is 3.41. The van der Waals surface area contributed by atoms with Crippen LogP contribution in [0.25, 0.3) is 11.1 Å². The number of carboxylic acids is 1. The molecule has 0 aliphatic carbocycles. The maximum absolute atomic E-state index is 10.9. The maximum Gasteiger partial charge on any atom is 0.335 e. The van der Waals surface area contributed by atoms with Gasteiger partial charge in [-0.2, -0.15) is 0 Å². The van der Waals surface area contributed by atoms with Crippen LogP contribution in [0.2, 0.25) is 0 Å². The molecule has 0 amide bonds. The molecule has 2 aromatic carbocycles. The van der Waals surface area contributed by atoms with Crippen LogP contribution in [-0.2, 0) is 0 Å². The van der Waals surface area contributed by atoms with Gasteiger partial charge in [0.25, 0.3) is 0 Å². The van der Waals surface area contributed by atoms with E-state index in [1.165, 1.54) is 12.1 Å². The molecule has 0 bridgehead atoms. The number of carbonyl (C=O) groups is 1. The van der Waals surface area contributed by atoms with E-state index < -0.39 is 5.97 Å². The Hall–Kier alpha value is -2.29. The van der Waals surface area contributed by atoms with Gasteiger partial charge >= 0.3 is 5.97 Å². The first kappa shape index (κ1) is 10.2. The van der Waals surface area contributed by atoms with E-state index in [2.05, 4.69) is 0 Å². The van der Waals surface area contributed by atoms with Crippen LogP contribution < -0.4 is 5.11 Å². The summed E-state index contributed by atoms with van der Waals surface area (Å²) in [5, 5.41) is 19.7. The van der Waals surface area contributed by atoms with Crippen molar-refractivity contribution >= 4 is 5.97 Å². The van der Waals surface area contributed by atoms with Crippen LogP contribution >= 0.6 is 0 Å². The van der Waals surface area contributed by atoms with Crippen molar-refractivity contribution in [3.8, 4) is 16.9 Å². The van der Waals surface area contributed by atoms with E-state index in [0.717, 1.165) is 11.1 Å². The lowest BCUT2D eigenvalue weighted by atomic mass is 10.0. The van der Waals surface area contributed by atoms with Crippen molar-refractivity contribution in [3.05, 3.63) is 54.1 Å². The molecule has 0 aliphatic rings. The molecule has 0 spiro atoms. The highest BCUT2D eigenvalue weighted by atomic mass is 16.4. The Morgan fingerprint density at radius 1 is 0.875 bits per heavy atom. The van der Waals surface area contributed by atoms with Crippen LogP contribution in [0.15, 0.2) is 48.5 Å². The first-order valence-corrected chi connectivity index (χ1v) is 4.77. The summed E-state index contributed by atoms with van der Waals surface area (Å²) in [6, 6.07) is 13.0. The SMILES string of the molecule is O=C(O)c1ccc(-c2ccc([O-])cc2)cc1. The Labute approximate surface area is 92.6 Å². The molecule has 2 rings (SSSR count). The van der Waals surface area contributed by atoms with Gasteiger partial charge in [0, 0.05) is 0 Å². The van der Waals surface area contributed by atoms with Crippen molar-refractivity contribution in [1.82, 2.24) is 0 Å².